The molecule has 0 aliphatic carbocycles. The van der Waals surface area contributed by atoms with E-state index in [1.165, 1.54) is 44.5 Å². The SMILES string of the molecule is COc1ccc(S(=O)(=O)N(C)Cc2ccc(F)cc2)c([N+](=O)[O-])c1. The average molecular weight is 354 g/mol. The maximum atomic E-state index is 12.9. The number of halogens is 1. The summed E-state index contributed by atoms with van der Waals surface area (Å²) in [6.07, 6.45) is 0. The highest BCUT2D eigenvalue weighted by molar-refractivity contribution is 7.89. The fourth-order valence-corrected chi connectivity index (χ4v) is 3.38. The fourth-order valence-electron chi connectivity index (χ4n) is 2.08. The minimum Gasteiger partial charge on any atom is -0.497 e. The molecule has 2 aromatic carbocycles. The van der Waals surface area contributed by atoms with Gasteiger partial charge in [-0.2, -0.15) is 4.31 Å². The van der Waals surface area contributed by atoms with E-state index >= 15 is 0 Å². The molecule has 2 aromatic rings. The van der Waals surface area contributed by atoms with Crippen LogP contribution in [0.25, 0.3) is 0 Å². The highest BCUT2D eigenvalue weighted by Gasteiger charge is 2.30. The molecule has 0 amide bonds. The summed E-state index contributed by atoms with van der Waals surface area (Å²) in [5.41, 5.74) is -0.0149. The first kappa shape index (κ1) is 17.8. The molecule has 9 heteroatoms. The van der Waals surface area contributed by atoms with Gasteiger partial charge in [0.25, 0.3) is 5.69 Å². The lowest BCUT2D eigenvalue weighted by atomic mass is 10.2. The van der Waals surface area contributed by atoms with Gasteiger partial charge in [0.2, 0.25) is 10.0 Å². The smallest absolute Gasteiger partial charge is 0.293 e. The maximum Gasteiger partial charge on any atom is 0.293 e. The molecular weight excluding hydrogens is 339 g/mol. The van der Waals surface area contributed by atoms with E-state index in [2.05, 4.69) is 0 Å². The molecule has 0 saturated carbocycles. The van der Waals surface area contributed by atoms with Gasteiger partial charge < -0.3 is 4.74 Å². The molecule has 0 unspecified atom stereocenters. The van der Waals surface area contributed by atoms with E-state index in [1.54, 1.807) is 0 Å². The van der Waals surface area contributed by atoms with Gasteiger partial charge in [0.05, 0.1) is 18.1 Å². The van der Waals surface area contributed by atoms with E-state index in [-0.39, 0.29) is 12.3 Å². The molecular formula is C15H15FN2O5S. The largest absolute Gasteiger partial charge is 0.497 e. The van der Waals surface area contributed by atoms with Crippen LogP contribution in [-0.4, -0.2) is 31.8 Å². The minimum absolute atomic E-state index is 0.0498. The Labute approximate surface area is 138 Å². The predicted octanol–water partition coefficient (Wildman–Crippen LogP) is 2.56. The zero-order valence-corrected chi connectivity index (χ0v) is 13.8. The first-order valence-corrected chi connectivity index (χ1v) is 8.23. The van der Waals surface area contributed by atoms with Crippen molar-refractivity contribution in [1.29, 1.82) is 0 Å². The van der Waals surface area contributed by atoms with Crippen LogP contribution in [0, 0.1) is 15.9 Å². The molecule has 0 spiro atoms. The molecule has 2 rings (SSSR count). The zero-order valence-electron chi connectivity index (χ0n) is 13.0. The molecule has 128 valence electrons. The molecule has 0 N–H and O–H groups in total. The number of nitro benzene ring substituents is 1. The first-order valence-electron chi connectivity index (χ1n) is 6.79. The van der Waals surface area contributed by atoms with Crippen LogP contribution < -0.4 is 4.74 Å². The van der Waals surface area contributed by atoms with Gasteiger partial charge in [0, 0.05) is 13.6 Å². The second kappa shape index (κ2) is 6.93. The topological polar surface area (TPSA) is 89.8 Å². The number of benzene rings is 2. The monoisotopic (exact) mass is 354 g/mol. The summed E-state index contributed by atoms with van der Waals surface area (Å²) < 4.78 is 44.0. The van der Waals surface area contributed by atoms with Gasteiger partial charge in [-0.3, -0.25) is 10.1 Å². The normalized spacial score (nSPS) is 11.5. The molecule has 7 nitrogen and oxygen atoms in total. The molecule has 0 saturated heterocycles. The van der Waals surface area contributed by atoms with Crippen LogP contribution in [-0.2, 0) is 16.6 Å². The van der Waals surface area contributed by atoms with Crippen molar-refractivity contribution in [2.45, 2.75) is 11.4 Å². The summed E-state index contributed by atoms with van der Waals surface area (Å²) in [6, 6.07) is 8.85. The lowest BCUT2D eigenvalue weighted by molar-refractivity contribution is -0.387. The highest BCUT2D eigenvalue weighted by atomic mass is 32.2. The van der Waals surface area contributed by atoms with Crippen molar-refractivity contribution in [3.8, 4) is 5.75 Å². The number of nitrogens with zero attached hydrogens (tertiary/aromatic N) is 2. The molecule has 0 aliphatic heterocycles. The van der Waals surface area contributed by atoms with Crippen LogP contribution in [0.2, 0.25) is 0 Å². The number of hydrogen-bond acceptors (Lipinski definition) is 5. The standard InChI is InChI=1S/C15H15FN2O5S/c1-17(10-11-3-5-12(16)6-4-11)24(21,22)15-8-7-13(23-2)9-14(15)18(19)20/h3-9H,10H2,1-2H3. The predicted molar refractivity (Wildman–Crippen MR) is 84.7 cm³/mol. The highest BCUT2D eigenvalue weighted by Crippen LogP contribution is 2.30. The molecule has 24 heavy (non-hydrogen) atoms. The Bertz CT molecular complexity index is 853. The lowest BCUT2D eigenvalue weighted by Crippen LogP contribution is -2.27. The van der Waals surface area contributed by atoms with E-state index in [0.717, 1.165) is 16.4 Å². The third-order valence-corrected chi connectivity index (χ3v) is 5.22. The van der Waals surface area contributed by atoms with Crippen LogP contribution in [0.4, 0.5) is 10.1 Å². The van der Waals surface area contributed by atoms with E-state index in [0.29, 0.717) is 5.56 Å². The second-order valence-electron chi connectivity index (χ2n) is 4.98. The Morgan fingerprint density at radius 3 is 2.38 bits per heavy atom. The Balaban J connectivity index is 2.38. The Kier molecular flexibility index (Phi) is 5.15. The number of ether oxygens (including phenoxy) is 1. The van der Waals surface area contributed by atoms with E-state index < -0.39 is 31.3 Å². The molecule has 0 bridgehead atoms. The maximum absolute atomic E-state index is 12.9. The Morgan fingerprint density at radius 2 is 1.83 bits per heavy atom. The van der Waals surface area contributed by atoms with E-state index in [4.69, 9.17) is 4.74 Å². The van der Waals surface area contributed by atoms with E-state index in [1.807, 2.05) is 0 Å². The lowest BCUT2D eigenvalue weighted by Gasteiger charge is -2.17. The van der Waals surface area contributed by atoms with Crippen LogP contribution in [0.5, 0.6) is 5.75 Å². The summed E-state index contributed by atoms with van der Waals surface area (Å²) in [5, 5.41) is 11.2. The van der Waals surface area contributed by atoms with Gasteiger partial charge in [-0.15, -0.1) is 0 Å². The number of rotatable bonds is 6. The van der Waals surface area contributed by atoms with Gasteiger partial charge >= 0.3 is 0 Å². The second-order valence-corrected chi connectivity index (χ2v) is 6.99. The summed E-state index contributed by atoms with van der Waals surface area (Å²) in [6.45, 7) is -0.0498. The minimum atomic E-state index is -4.11. The van der Waals surface area contributed by atoms with Crippen LogP contribution in [0.1, 0.15) is 5.56 Å². The average Bonchev–Trinajstić information content (AvgIpc) is 2.56. The summed E-state index contributed by atoms with van der Waals surface area (Å²) in [7, 11) is -1.48. The fraction of sp³-hybridized carbons (Fsp3) is 0.200. The van der Waals surface area contributed by atoms with Gasteiger partial charge in [-0.25, -0.2) is 12.8 Å². The zero-order chi connectivity index (χ0) is 17.9. The number of methoxy groups -OCH3 is 1. The summed E-state index contributed by atoms with van der Waals surface area (Å²) in [5.74, 6) is -0.253. The molecule has 0 heterocycles. The molecule has 0 radical (unpaired) electrons. The van der Waals surface area contributed by atoms with Crippen molar-refractivity contribution >= 4 is 15.7 Å². The van der Waals surface area contributed by atoms with Crippen molar-refractivity contribution in [3.63, 3.8) is 0 Å². The Hall–Kier alpha value is -2.52. The van der Waals surface area contributed by atoms with Crippen LogP contribution in [0.3, 0.4) is 0 Å². The number of nitro groups is 1. The van der Waals surface area contributed by atoms with Crippen molar-refractivity contribution < 1.29 is 22.5 Å². The summed E-state index contributed by atoms with van der Waals surface area (Å²) in [4.78, 5) is 9.97. The van der Waals surface area contributed by atoms with Gasteiger partial charge in [-0.1, -0.05) is 12.1 Å². The van der Waals surface area contributed by atoms with E-state index in [9.17, 15) is 22.9 Å². The third-order valence-electron chi connectivity index (χ3n) is 3.37. The summed E-state index contributed by atoms with van der Waals surface area (Å²) >= 11 is 0. The molecule has 0 atom stereocenters. The first-order chi connectivity index (χ1) is 11.3. The van der Waals surface area contributed by atoms with Crippen LogP contribution >= 0.6 is 0 Å². The van der Waals surface area contributed by atoms with Crippen molar-refractivity contribution in [1.82, 2.24) is 4.31 Å². The Morgan fingerprint density at radius 1 is 1.21 bits per heavy atom. The van der Waals surface area contributed by atoms with Crippen molar-refractivity contribution in [3.05, 3.63) is 64.0 Å². The number of hydrogen-bond donors (Lipinski definition) is 0. The van der Waals surface area contributed by atoms with Gasteiger partial charge in [0.1, 0.15) is 11.6 Å². The molecule has 0 aliphatic rings. The quantitative estimate of drug-likeness (QED) is 0.587. The van der Waals surface area contributed by atoms with Gasteiger partial charge in [0.15, 0.2) is 4.90 Å². The molecule has 0 fully saturated rings. The third kappa shape index (κ3) is 3.69. The van der Waals surface area contributed by atoms with Crippen molar-refractivity contribution in [2.75, 3.05) is 14.2 Å². The molecule has 0 aromatic heterocycles. The number of sulfonamides is 1. The van der Waals surface area contributed by atoms with Crippen molar-refractivity contribution in [2.24, 2.45) is 0 Å². The van der Waals surface area contributed by atoms with Crippen LogP contribution in [0.15, 0.2) is 47.4 Å². The van der Waals surface area contributed by atoms with Gasteiger partial charge in [-0.05, 0) is 29.8 Å².